The number of carbonyl (C=O) groups is 3. The van der Waals surface area contributed by atoms with Crippen LogP contribution < -0.4 is 5.32 Å². The molecule has 0 aromatic carbocycles. The second-order valence-corrected chi connectivity index (χ2v) is 23.1. The molecule has 0 spiro atoms. The summed E-state index contributed by atoms with van der Waals surface area (Å²) in [6.07, 6.45) is 12.6. The molecular weight excluding hydrogens is 949 g/mol. The van der Waals surface area contributed by atoms with E-state index in [1.165, 1.54) is 12.0 Å². The monoisotopic (exact) mass is 1040 g/mol. The number of nitrogens with zero attached hydrogens (tertiary/aromatic N) is 1. The van der Waals surface area contributed by atoms with Crippen molar-refractivity contribution in [2.45, 2.75) is 193 Å². The SMILES string of the molecule is CO[C@@H]1C[C@H](C[C@@H](C)[C@@H]2CC[C@H](C)/C=C(\C)[C@@H](O)[C@@H](OC)C(=O)[C@H](C)C[C@H](C)/C=C/C=C/C=C(\C)[C@H](NCCS(=O)(=O)O)C[C@@H]3CC[C@@H](C)[C@@](O)(O3)C(O)C(=O)N3CCCC[C@H]3C(=O)O2)CC[C@H]1OCCO. The van der Waals surface area contributed by atoms with Crippen molar-refractivity contribution in [3.63, 3.8) is 0 Å². The van der Waals surface area contributed by atoms with Gasteiger partial charge in [0.2, 0.25) is 5.79 Å². The molecule has 1 saturated carbocycles. The number of piperidine rings is 1. The van der Waals surface area contributed by atoms with Gasteiger partial charge in [0.05, 0.1) is 37.3 Å². The number of fused-ring (bicyclic) bond motifs is 3. The number of hydrogen-bond donors (Lipinski definition) is 6. The average molecular weight is 1040 g/mol. The van der Waals surface area contributed by atoms with Crippen LogP contribution in [0.15, 0.2) is 47.6 Å². The Morgan fingerprint density at radius 3 is 2.29 bits per heavy atom. The summed E-state index contributed by atoms with van der Waals surface area (Å²) in [6.45, 7) is 13.5. The normalized spacial score (nSPS) is 38.9. The Balaban J connectivity index is 1.70. The number of aliphatic hydroxyl groups is 4. The zero-order chi connectivity index (χ0) is 53.3. The summed E-state index contributed by atoms with van der Waals surface area (Å²) >= 11 is 0. The summed E-state index contributed by atoms with van der Waals surface area (Å²) in [4.78, 5) is 44.2. The lowest BCUT2D eigenvalue weighted by Crippen LogP contribution is -2.63. The molecule has 1 aliphatic carbocycles. The van der Waals surface area contributed by atoms with Crippen molar-refractivity contribution < 1.29 is 71.5 Å². The van der Waals surface area contributed by atoms with E-state index in [0.717, 1.165) is 31.3 Å². The number of methoxy groups -OCH3 is 2. The molecule has 1 unspecified atom stereocenters. The minimum Gasteiger partial charge on any atom is -0.461 e. The van der Waals surface area contributed by atoms with Crippen molar-refractivity contribution in [3.8, 4) is 0 Å². The molecule has 3 aliphatic heterocycles. The molecule has 6 N–H and O–H groups in total. The lowest BCUT2D eigenvalue weighted by Gasteiger charge is -2.46. The highest BCUT2D eigenvalue weighted by atomic mass is 32.2. The van der Waals surface area contributed by atoms with Crippen LogP contribution >= 0.6 is 0 Å². The largest absolute Gasteiger partial charge is 0.461 e. The van der Waals surface area contributed by atoms with Gasteiger partial charge >= 0.3 is 5.97 Å². The Hall–Kier alpha value is -2.88. The fraction of sp³-hybridized carbons (Fsp3) is 0.796. The Kier molecular flexibility index (Phi) is 25.2. The first-order valence-corrected chi connectivity index (χ1v) is 28.1. The molecule has 16 atom stereocenters. The third kappa shape index (κ3) is 18.2. The number of rotatable bonds is 12. The summed E-state index contributed by atoms with van der Waals surface area (Å²) in [5, 5.41) is 48.2. The van der Waals surface area contributed by atoms with Gasteiger partial charge in [-0.05, 0) is 127 Å². The van der Waals surface area contributed by atoms with E-state index in [1.807, 2.05) is 64.2 Å². The van der Waals surface area contributed by atoms with Gasteiger partial charge in [0.25, 0.3) is 16.0 Å². The summed E-state index contributed by atoms with van der Waals surface area (Å²) in [7, 11) is -1.20. The van der Waals surface area contributed by atoms with Crippen LogP contribution in [0, 0.1) is 35.5 Å². The second-order valence-electron chi connectivity index (χ2n) is 21.5. The third-order valence-electron chi connectivity index (χ3n) is 15.6. The maximum absolute atomic E-state index is 14.6. The van der Waals surface area contributed by atoms with E-state index in [-0.39, 0.29) is 74.4 Å². The van der Waals surface area contributed by atoms with Crippen molar-refractivity contribution in [2.24, 2.45) is 35.5 Å². The van der Waals surface area contributed by atoms with E-state index in [1.54, 1.807) is 21.0 Å². The molecule has 17 nitrogen and oxygen atoms in total. The van der Waals surface area contributed by atoms with Crippen LogP contribution in [0.5, 0.6) is 0 Å². The number of ether oxygens (including phenoxy) is 5. The maximum atomic E-state index is 14.6. The lowest BCUT2D eigenvalue weighted by atomic mass is 9.78. The molecule has 2 saturated heterocycles. The molecule has 3 fully saturated rings. The molecule has 0 radical (unpaired) electrons. The van der Waals surface area contributed by atoms with Gasteiger partial charge in [-0.3, -0.25) is 14.1 Å². The Morgan fingerprint density at radius 2 is 1.61 bits per heavy atom. The van der Waals surface area contributed by atoms with Gasteiger partial charge in [-0.15, -0.1) is 0 Å². The van der Waals surface area contributed by atoms with Crippen LogP contribution in [0.3, 0.4) is 0 Å². The lowest BCUT2D eigenvalue weighted by molar-refractivity contribution is -0.316. The van der Waals surface area contributed by atoms with Crippen LogP contribution in [0.2, 0.25) is 0 Å². The zero-order valence-corrected chi connectivity index (χ0v) is 45.3. The van der Waals surface area contributed by atoms with E-state index in [0.29, 0.717) is 56.9 Å². The Labute approximate surface area is 429 Å². The number of allylic oxidation sites excluding steroid dienone is 6. The van der Waals surface area contributed by atoms with Crippen molar-refractivity contribution >= 4 is 27.8 Å². The highest BCUT2D eigenvalue weighted by molar-refractivity contribution is 7.85. The van der Waals surface area contributed by atoms with Crippen LogP contribution in [0.25, 0.3) is 0 Å². The number of Topliss-reactive ketones (excluding diaryl/α,β-unsaturated/α-hetero) is 1. The number of amides is 1. The van der Waals surface area contributed by atoms with Crippen molar-refractivity contribution in [1.82, 2.24) is 10.2 Å². The molecule has 1 amide bonds. The molecule has 4 rings (SSSR count). The van der Waals surface area contributed by atoms with Gasteiger partial charge in [-0.2, -0.15) is 8.42 Å². The molecular formula is C54H90N2O15S. The van der Waals surface area contributed by atoms with Gasteiger partial charge in [-0.1, -0.05) is 76.6 Å². The van der Waals surface area contributed by atoms with Crippen LogP contribution in [-0.2, 0) is 48.2 Å². The van der Waals surface area contributed by atoms with Crippen LogP contribution in [0.4, 0.5) is 0 Å². The van der Waals surface area contributed by atoms with Gasteiger partial charge in [0.1, 0.15) is 24.4 Å². The average Bonchev–Trinajstić information content (AvgIpc) is 3.34. The Morgan fingerprint density at radius 1 is 0.875 bits per heavy atom. The summed E-state index contributed by atoms with van der Waals surface area (Å²) in [5.41, 5.74) is 1.37. The van der Waals surface area contributed by atoms with E-state index < -0.39 is 88.0 Å². The zero-order valence-electron chi connectivity index (χ0n) is 44.5. The van der Waals surface area contributed by atoms with Crippen molar-refractivity contribution in [1.29, 1.82) is 0 Å². The number of cyclic esters (lactones) is 1. The molecule has 412 valence electrons. The molecule has 0 aromatic heterocycles. The fourth-order valence-electron chi connectivity index (χ4n) is 11.2. The first-order valence-electron chi connectivity index (χ1n) is 26.5. The van der Waals surface area contributed by atoms with Crippen molar-refractivity contribution in [3.05, 3.63) is 47.6 Å². The first kappa shape index (κ1) is 61.7. The quantitative estimate of drug-likeness (QED) is 0.0787. The molecule has 0 aromatic rings. The molecule has 18 heteroatoms. The smallest absolute Gasteiger partial charge is 0.329 e. The molecule has 2 bridgehead atoms. The number of aliphatic hydroxyl groups excluding tert-OH is 3. The van der Waals surface area contributed by atoms with Gasteiger partial charge < -0.3 is 54.3 Å². The van der Waals surface area contributed by atoms with E-state index >= 15 is 0 Å². The maximum Gasteiger partial charge on any atom is 0.329 e. The number of carbonyl (C=O) groups excluding carboxylic acids is 3. The number of ketones is 1. The summed E-state index contributed by atoms with van der Waals surface area (Å²) < 4.78 is 63.0. The number of esters is 1. The summed E-state index contributed by atoms with van der Waals surface area (Å²) in [6, 6.07) is -1.53. The molecule has 3 heterocycles. The van der Waals surface area contributed by atoms with E-state index in [9.17, 15) is 47.8 Å². The Bertz CT molecular complexity index is 1960. The molecule has 4 aliphatic rings. The van der Waals surface area contributed by atoms with Crippen molar-refractivity contribution in [2.75, 3.05) is 46.3 Å². The van der Waals surface area contributed by atoms with E-state index in [2.05, 4.69) is 12.2 Å². The number of nitrogens with one attached hydrogen (secondary N) is 1. The second kappa shape index (κ2) is 29.4. The van der Waals surface area contributed by atoms with E-state index in [4.69, 9.17) is 23.7 Å². The first-order chi connectivity index (χ1) is 34.0. The standard InChI is InChI=1S/C54H90N2O15S/c1-34-15-11-10-12-16-36(3)43(55-24-28-72(64,65)66)33-42-21-19-40(7)54(63,71-42)51(60)52(61)56-25-14-13-17-44(56)53(62)70-45(37(4)31-41-20-23-46(69-27-26-57)47(32-41)67-8)22-18-35(2)30-39(6)49(59)50(68-9)48(58)38(5)29-34/h10-12,15-16,30,34-35,37-38,40-47,49-51,55,57,59-60,63H,13-14,17-29,31-33H2,1-9H3,(H,64,65,66)/b12-10+,15-11+,36-16+,39-30+/t34-,35+,37-,38-,40-,41+,42+,43-,44+,45+,46-,47-,49-,50+,51?,54-/m1/s1. The third-order valence-corrected chi connectivity index (χ3v) is 16.3. The van der Waals surface area contributed by atoms with Gasteiger partial charge in [0, 0.05) is 45.2 Å². The van der Waals surface area contributed by atoms with Gasteiger partial charge in [-0.25, -0.2) is 4.79 Å². The van der Waals surface area contributed by atoms with Crippen LogP contribution in [0.1, 0.15) is 132 Å². The van der Waals surface area contributed by atoms with Gasteiger partial charge in [0.15, 0.2) is 11.9 Å². The fourth-order valence-corrected chi connectivity index (χ4v) is 11.6. The minimum atomic E-state index is -4.28. The predicted molar refractivity (Wildman–Crippen MR) is 274 cm³/mol. The molecule has 72 heavy (non-hydrogen) atoms. The highest BCUT2D eigenvalue weighted by Crippen LogP contribution is 2.39. The number of hydrogen-bond acceptors (Lipinski definition) is 15. The minimum absolute atomic E-state index is 0.00444. The summed E-state index contributed by atoms with van der Waals surface area (Å²) in [5.74, 6) is -5.59. The highest BCUT2D eigenvalue weighted by Gasteiger charge is 2.53. The van der Waals surface area contributed by atoms with Crippen LogP contribution in [-0.4, -0.2) is 163 Å². The topological polar surface area (TPSA) is 248 Å². The predicted octanol–water partition coefficient (Wildman–Crippen LogP) is 5.64.